The number of aromatic nitrogens is 4. The molecule has 0 saturated carbocycles. The molecule has 0 aliphatic carbocycles. The monoisotopic (exact) mass is 374 g/mol. The van der Waals surface area contributed by atoms with Crippen LogP contribution in [0.2, 0.25) is 0 Å². The number of amides is 1. The SMILES string of the molecule is CC(Sc1nnnn1C(C)C)C(=O)Nc1ccc(N2CCCCC2)cc1. The van der Waals surface area contributed by atoms with Gasteiger partial charge in [0.2, 0.25) is 11.1 Å². The van der Waals surface area contributed by atoms with E-state index < -0.39 is 0 Å². The van der Waals surface area contributed by atoms with Crippen LogP contribution in [0.4, 0.5) is 11.4 Å². The Morgan fingerprint density at radius 1 is 1.12 bits per heavy atom. The van der Waals surface area contributed by atoms with Crippen molar-refractivity contribution in [1.82, 2.24) is 20.2 Å². The van der Waals surface area contributed by atoms with Crippen molar-refractivity contribution in [2.45, 2.75) is 56.5 Å². The van der Waals surface area contributed by atoms with Gasteiger partial charge in [-0.15, -0.1) is 5.10 Å². The minimum atomic E-state index is -0.291. The van der Waals surface area contributed by atoms with Crippen molar-refractivity contribution in [1.29, 1.82) is 0 Å². The van der Waals surface area contributed by atoms with E-state index in [1.807, 2.05) is 32.9 Å². The van der Waals surface area contributed by atoms with Crippen molar-refractivity contribution in [2.75, 3.05) is 23.3 Å². The van der Waals surface area contributed by atoms with Gasteiger partial charge in [-0.3, -0.25) is 4.79 Å². The van der Waals surface area contributed by atoms with Gasteiger partial charge in [-0.25, -0.2) is 4.68 Å². The zero-order valence-electron chi connectivity index (χ0n) is 15.6. The number of thioether (sulfide) groups is 1. The maximum absolute atomic E-state index is 12.5. The summed E-state index contributed by atoms with van der Waals surface area (Å²) in [5.41, 5.74) is 2.04. The van der Waals surface area contributed by atoms with Gasteiger partial charge in [0, 0.05) is 24.5 Å². The van der Waals surface area contributed by atoms with E-state index in [-0.39, 0.29) is 17.2 Å². The largest absolute Gasteiger partial charge is 0.372 e. The number of piperidine rings is 1. The first-order valence-electron chi connectivity index (χ1n) is 9.15. The molecule has 1 aromatic heterocycles. The number of nitrogens with zero attached hydrogens (tertiary/aromatic N) is 5. The van der Waals surface area contributed by atoms with Crippen LogP contribution in [0.1, 0.15) is 46.1 Å². The first-order chi connectivity index (χ1) is 12.5. The van der Waals surface area contributed by atoms with E-state index in [0.717, 1.165) is 18.8 Å². The Morgan fingerprint density at radius 3 is 2.46 bits per heavy atom. The van der Waals surface area contributed by atoms with Gasteiger partial charge in [-0.2, -0.15) is 0 Å². The number of carbonyl (C=O) groups is 1. The number of hydrogen-bond donors (Lipinski definition) is 1. The summed E-state index contributed by atoms with van der Waals surface area (Å²) in [5, 5.41) is 15.0. The molecule has 7 nitrogen and oxygen atoms in total. The molecule has 1 amide bonds. The lowest BCUT2D eigenvalue weighted by molar-refractivity contribution is -0.115. The molecular formula is C18H26N6OS. The third kappa shape index (κ3) is 4.55. The van der Waals surface area contributed by atoms with Crippen LogP contribution in [-0.4, -0.2) is 44.5 Å². The number of tetrazole rings is 1. The molecule has 8 heteroatoms. The summed E-state index contributed by atoms with van der Waals surface area (Å²) in [4.78, 5) is 14.9. The Labute approximate surface area is 158 Å². The fourth-order valence-corrected chi connectivity index (χ4v) is 3.87. The van der Waals surface area contributed by atoms with E-state index in [1.54, 1.807) is 4.68 Å². The second kappa shape index (κ2) is 8.53. The Kier molecular flexibility index (Phi) is 6.13. The number of benzene rings is 1. The smallest absolute Gasteiger partial charge is 0.237 e. The summed E-state index contributed by atoms with van der Waals surface area (Å²) in [7, 11) is 0. The molecule has 1 fully saturated rings. The highest BCUT2D eigenvalue weighted by Crippen LogP contribution is 2.25. The zero-order chi connectivity index (χ0) is 18.5. The molecule has 26 heavy (non-hydrogen) atoms. The highest BCUT2D eigenvalue weighted by atomic mass is 32.2. The average Bonchev–Trinajstić information content (AvgIpc) is 3.11. The summed E-state index contributed by atoms with van der Waals surface area (Å²) in [6, 6.07) is 8.26. The number of hydrogen-bond acceptors (Lipinski definition) is 6. The van der Waals surface area contributed by atoms with E-state index in [1.165, 1.54) is 36.7 Å². The maximum Gasteiger partial charge on any atom is 0.237 e. The van der Waals surface area contributed by atoms with Gasteiger partial charge in [-0.05, 0) is 74.7 Å². The minimum absolute atomic E-state index is 0.0565. The van der Waals surface area contributed by atoms with Gasteiger partial charge in [0.15, 0.2) is 0 Å². The maximum atomic E-state index is 12.5. The molecule has 140 valence electrons. The van der Waals surface area contributed by atoms with Crippen LogP contribution in [0.15, 0.2) is 29.4 Å². The Balaban J connectivity index is 1.57. The highest BCUT2D eigenvalue weighted by molar-refractivity contribution is 8.00. The van der Waals surface area contributed by atoms with E-state index in [9.17, 15) is 4.79 Å². The minimum Gasteiger partial charge on any atom is -0.372 e. The second-order valence-corrected chi connectivity index (χ2v) is 8.15. The fourth-order valence-electron chi connectivity index (χ4n) is 2.95. The normalized spacial score (nSPS) is 15.9. The van der Waals surface area contributed by atoms with Gasteiger partial charge in [0.1, 0.15) is 0 Å². The quantitative estimate of drug-likeness (QED) is 0.782. The molecular weight excluding hydrogens is 348 g/mol. The summed E-state index contributed by atoms with van der Waals surface area (Å²) in [5.74, 6) is -0.0565. The van der Waals surface area contributed by atoms with Crippen molar-refractivity contribution in [3.05, 3.63) is 24.3 Å². The van der Waals surface area contributed by atoms with Crippen molar-refractivity contribution in [3.63, 3.8) is 0 Å². The summed E-state index contributed by atoms with van der Waals surface area (Å²) in [6.45, 7) is 8.11. The van der Waals surface area contributed by atoms with Crippen molar-refractivity contribution in [2.24, 2.45) is 0 Å². The molecule has 2 aromatic rings. The van der Waals surface area contributed by atoms with Gasteiger partial charge >= 0.3 is 0 Å². The lowest BCUT2D eigenvalue weighted by Crippen LogP contribution is -2.29. The topological polar surface area (TPSA) is 75.9 Å². The van der Waals surface area contributed by atoms with E-state index >= 15 is 0 Å². The number of nitrogens with one attached hydrogen (secondary N) is 1. The highest BCUT2D eigenvalue weighted by Gasteiger charge is 2.20. The fraction of sp³-hybridized carbons (Fsp3) is 0.556. The molecule has 3 rings (SSSR count). The van der Waals surface area contributed by atoms with E-state index in [2.05, 4.69) is 37.9 Å². The van der Waals surface area contributed by atoms with Crippen molar-refractivity contribution < 1.29 is 4.79 Å². The Morgan fingerprint density at radius 2 is 1.81 bits per heavy atom. The summed E-state index contributed by atoms with van der Waals surface area (Å²) in [6.07, 6.45) is 3.83. The predicted octanol–water partition coefficient (Wildman–Crippen LogP) is 3.36. The number of rotatable bonds is 6. The van der Waals surface area contributed by atoms with Crippen molar-refractivity contribution >= 4 is 29.0 Å². The number of anilines is 2. The van der Waals surface area contributed by atoms with E-state index in [4.69, 9.17) is 0 Å². The molecule has 1 aromatic carbocycles. The zero-order valence-corrected chi connectivity index (χ0v) is 16.4. The Bertz CT molecular complexity index is 724. The van der Waals surface area contributed by atoms with Gasteiger partial charge in [0.25, 0.3) is 0 Å². The van der Waals surface area contributed by atoms with Crippen LogP contribution < -0.4 is 10.2 Å². The number of carbonyl (C=O) groups excluding carboxylic acids is 1. The van der Waals surface area contributed by atoms with Crippen LogP contribution in [-0.2, 0) is 4.79 Å². The first kappa shape index (κ1) is 18.7. The third-order valence-electron chi connectivity index (χ3n) is 4.46. The molecule has 0 spiro atoms. The Hall–Kier alpha value is -2.09. The molecule has 1 saturated heterocycles. The lowest BCUT2D eigenvalue weighted by Gasteiger charge is -2.28. The van der Waals surface area contributed by atoms with Crippen LogP contribution in [0.3, 0.4) is 0 Å². The molecule has 1 unspecified atom stereocenters. The summed E-state index contributed by atoms with van der Waals surface area (Å²) < 4.78 is 1.72. The molecule has 0 bridgehead atoms. The molecule has 1 atom stereocenters. The van der Waals surface area contributed by atoms with Gasteiger partial charge in [0.05, 0.1) is 11.3 Å². The predicted molar refractivity (Wildman–Crippen MR) is 105 cm³/mol. The molecule has 0 radical (unpaired) electrons. The standard InChI is InChI=1S/C18H26N6OS/c1-13(2)24-18(20-21-22-24)26-14(3)17(25)19-15-7-9-16(10-8-15)23-11-5-4-6-12-23/h7-10,13-14H,4-6,11-12H2,1-3H3,(H,19,25). The third-order valence-corrected chi connectivity index (χ3v) is 5.51. The molecule has 1 aliphatic heterocycles. The average molecular weight is 375 g/mol. The molecule has 1 N–H and O–H groups in total. The first-order valence-corrected chi connectivity index (χ1v) is 10.0. The van der Waals surface area contributed by atoms with Crippen LogP contribution in [0, 0.1) is 0 Å². The summed E-state index contributed by atoms with van der Waals surface area (Å²) >= 11 is 1.36. The lowest BCUT2D eigenvalue weighted by atomic mass is 10.1. The van der Waals surface area contributed by atoms with E-state index in [0.29, 0.717) is 5.16 Å². The molecule has 1 aliphatic rings. The van der Waals surface area contributed by atoms with Crippen LogP contribution in [0.5, 0.6) is 0 Å². The second-order valence-electron chi connectivity index (χ2n) is 6.84. The molecule has 2 heterocycles. The van der Waals surface area contributed by atoms with Crippen LogP contribution >= 0.6 is 11.8 Å². The van der Waals surface area contributed by atoms with Crippen LogP contribution in [0.25, 0.3) is 0 Å². The van der Waals surface area contributed by atoms with Crippen molar-refractivity contribution in [3.8, 4) is 0 Å². The van der Waals surface area contributed by atoms with Gasteiger partial charge < -0.3 is 10.2 Å². The van der Waals surface area contributed by atoms with Gasteiger partial charge in [-0.1, -0.05) is 11.8 Å².